The zero-order valence-electron chi connectivity index (χ0n) is 12.2. The van der Waals surface area contributed by atoms with Crippen LogP contribution in [0, 0.1) is 5.92 Å². The lowest BCUT2D eigenvalue weighted by molar-refractivity contribution is -0.124. The fourth-order valence-electron chi connectivity index (χ4n) is 2.92. The fraction of sp³-hybridized carbons (Fsp3) is 0.278. The number of fused-ring (bicyclic) bond motifs is 1. The predicted molar refractivity (Wildman–Crippen MR) is 85.4 cm³/mol. The van der Waals surface area contributed by atoms with Gasteiger partial charge in [0.05, 0.1) is 6.20 Å². The van der Waals surface area contributed by atoms with E-state index in [0.717, 1.165) is 40.4 Å². The van der Waals surface area contributed by atoms with Gasteiger partial charge < -0.3 is 0 Å². The number of benzene rings is 1. The number of carbonyl (C=O) groups is 1. The highest BCUT2D eigenvalue weighted by Gasteiger charge is 2.25. The summed E-state index contributed by atoms with van der Waals surface area (Å²) >= 11 is 0. The summed E-state index contributed by atoms with van der Waals surface area (Å²) in [6, 6.07) is 8.28. The first-order valence-corrected chi connectivity index (χ1v) is 7.70. The Bertz CT molecular complexity index is 819. The lowest BCUT2D eigenvalue weighted by Crippen LogP contribution is -2.23. The van der Waals surface area contributed by atoms with Gasteiger partial charge in [-0.15, -0.1) is 0 Å². The summed E-state index contributed by atoms with van der Waals surface area (Å²) in [5.41, 5.74) is 3.04. The summed E-state index contributed by atoms with van der Waals surface area (Å²) in [5, 5.41) is 9.03. The van der Waals surface area contributed by atoms with Crippen LogP contribution in [-0.2, 0) is 11.2 Å². The number of ketones is 1. The van der Waals surface area contributed by atoms with Crippen LogP contribution < -0.4 is 0 Å². The first kappa shape index (κ1) is 13.2. The summed E-state index contributed by atoms with van der Waals surface area (Å²) in [6.45, 7) is 0. The van der Waals surface area contributed by atoms with Crippen molar-refractivity contribution >= 4 is 16.6 Å². The monoisotopic (exact) mass is 291 g/mol. The fourth-order valence-corrected chi connectivity index (χ4v) is 2.92. The van der Waals surface area contributed by atoms with Gasteiger partial charge in [-0.2, -0.15) is 5.10 Å². The Morgan fingerprint density at radius 2 is 2.05 bits per heavy atom. The number of hydrogen-bond acceptors (Lipinski definition) is 3. The van der Waals surface area contributed by atoms with Crippen LogP contribution in [-0.4, -0.2) is 21.0 Å². The average Bonchev–Trinajstić information content (AvgIpc) is 2.98. The number of aromatic nitrogens is 3. The second-order valence-electron chi connectivity index (χ2n) is 6.00. The van der Waals surface area contributed by atoms with E-state index >= 15 is 0 Å². The molecule has 2 aromatic heterocycles. The van der Waals surface area contributed by atoms with Gasteiger partial charge in [0.2, 0.25) is 0 Å². The smallest absolute Gasteiger partial charge is 0.141 e. The summed E-state index contributed by atoms with van der Waals surface area (Å²) in [7, 11) is 0. The number of nitrogens with zero attached hydrogens (tertiary/aromatic N) is 2. The molecule has 1 aliphatic rings. The van der Waals surface area contributed by atoms with E-state index in [9.17, 15) is 4.79 Å². The highest BCUT2D eigenvalue weighted by molar-refractivity contribution is 5.88. The predicted octanol–water partition coefficient (Wildman–Crippen LogP) is 3.54. The van der Waals surface area contributed by atoms with Crippen molar-refractivity contribution in [3.05, 3.63) is 48.5 Å². The second kappa shape index (κ2) is 5.37. The summed E-state index contributed by atoms with van der Waals surface area (Å²) in [4.78, 5) is 16.6. The Morgan fingerprint density at radius 3 is 2.77 bits per heavy atom. The first-order valence-electron chi connectivity index (χ1n) is 7.70. The van der Waals surface area contributed by atoms with E-state index < -0.39 is 0 Å². The molecule has 1 N–H and O–H groups in total. The molecule has 22 heavy (non-hydrogen) atoms. The molecule has 1 saturated carbocycles. The zero-order chi connectivity index (χ0) is 14.9. The van der Waals surface area contributed by atoms with Crippen LogP contribution in [0.2, 0.25) is 0 Å². The van der Waals surface area contributed by atoms with Crippen LogP contribution in [0.3, 0.4) is 0 Å². The van der Waals surface area contributed by atoms with Gasteiger partial charge in [0, 0.05) is 41.4 Å². The maximum Gasteiger partial charge on any atom is 0.141 e. The van der Waals surface area contributed by atoms with E-state index in [0.29, 0.717) is 12.2 Å². The van der Waals surface area contributed by atoms with Crippen molar-refractivity contribution in [3.8, 4) is 11.1 Å². The molecule has 0 saturated heterocycles. The number of Topliss-reactive ketones (excluding diaryl/α,β-unsaturated/α-hetero) is 1. The number of aromatic amines is 1. The van der Waals surface area contributed by atoms with Crippen molar-refractivity contribution < 1.29 is 4.79 Å². The number of carbonyl (C=O) groups excluding carboxylic acids is 1. The third-order valence-electron chi connectivity index (χ3n) is 4.53. The average molecular weight is 291 g/mol. The topological polar surface area (TPSA) is 58.6 Å². The van der Waals surface area contributed by atoms with Crippen molar-refractivity contribution in [2.45, 2.75) is 25.7 Å². The Hall–Kier alpha value is -2.49. The van der Waals surface area contributed by atoms with Gasteiger partial charge in [-0.25, -0.2) is 0 Å². The lowest BCUT2D eigenvalue weighted by Gasteiger charge is -2.23. The molecular weight excluding hydrogens is 274 g/mol. The van der Waals surface area contributed by atoms with Crippen LogP contribution >= 0.6 is 0 Å². The van der Waals surface area contributed by atoms with Crippen LogP contribution in [0.4, 0.5) is 0 Å². The van der Waals surface area contributed by atoms with Gasteiger partial charge in [0.15, 0.2) is 0 Å². The summed E-state index contributed by atoms with van der Waals surface area (Å²) in [6.07, 6.45) is 9.30. The quantitative estimate of drug-likeness (QED) is 0.800. The molecule has 0 radical (unpaired) electrons. The molecule has 0 atom stereocenters. The third-order valence-corrected chi connectivity index (χ3v) is 4.53. The number of nitrogens with one attached hydrogen (secondary N) is 1. The lowest BCUT2D eigenvalue weighted by atomic mass is 9.81. The molecule has 2 heterocycles. The molecule has 1 aliphatic carbocycles. The number of pyridine rings is 1. The van der Waals surface area contributed by atoms with E-state index in [2.05, 4.69) is 33.4 Å². The molecule has 4 heteroatoms. The van der Waals surface area contributed by atoms with E-state index in [4.69, 9.17) is 0 Å². The molecule has 0 spiro atoms. The molecular formula is C18H17N3O. The third kappa shape index (κ3) is 2.41. The SMILES string of the molecule is O=C(Cc1cc2cc(-c3cn[nH]c3)ccc2cn1)C1CCC1. The van der Waals surface area contributed by atoms with Crippen molar-refractivity contribution in [1.29, 1.82) is 0 Å². The Balaban J connectivity index is 1.65. The molecule has 0 unspecified atom stereocenters. The van der Waals surface area contributed by atoms with E-state index in [1.807, 2.05) is 24.7 Å². The van der Waals surface area contributed by atoms with E-state index in [1.54, 1.807) is 0 Å². The molecule has 0 aliphatic heterocycles. The van der Waals surface area contributed by atoms with Crippen molar-refractivity contribution in [1.82, 2.24) is 15.2 Å². The second-order valence-corrected chi connectivity index (χ2v) is 6.00. The minimum Gasteiger partial charge on any atom is -0.299 e. The highest BCUT2D eigenvalue weighted by Crippen LogP contribution is 2.29. The molecule has 4 nitrogen and oxygen atoms in total. The van der Waals surface area contributed by atoms with E-state index in [-0.39, 0.29) is 5.92 Å². The molecule has 0 amide bonds. The largest absolute Gasteiger partial charge is 0.299 e. The standard InChI is InChI=1S/C18H17N3O/c22-18(12-2-1-3-12)8-17-7-15-6-13(16-10-20-21-11-16)4-5-14(15)9-19-17/h4-7,9-12H,1-3,8H2,(H,20,21). The van der Waals surface area contributed by atoms with Crippen LogP contribution in [0.1, 0.15) is 25.0 Å². The molecule has 0 bridgehead atoms. The molecule has 3 aromatic rings. The van der Waals surface area contributed by atoms with Crippen LogP contribution in [0.25, 0.3) is 21.9 Å². The van der Waals surface area contributed by atoms with Crippen molar-refractivity contribution in [2.75, 3.05) is 0 Å². The number of hydrogen-bond donors (Lipinski definition) is 1. The van der Waals surface area contributed by atoms with E-state index in [1.165, 1.54) is 6.42 Å². The van der Waals surface area contributed by atoms with Gasteiger partial charge in [0.1, 0.15) is 5.78 Å². The van der Waals surface area contributed by atoms with Gasteiger partial charge >= 0.3 is 0 Å². The molecule has 110 valence electrons. The van der Waals surface area contributed by atoms with Gasteiger partial charge in [0.25, 0.3) is 0 Å². The maximum absolute atomic E-state index is 12.1. The Labute approximate surface area is 128 Å². The molecule has 1 fully saturated rings. The highest BCUT2D eigenvalue weighted by atomic mass is 16.1. The summed E-state index contributed by atoms with van der Waals surface area (Å²) < 4.78 is 0. The van der Waals surface area contributed by atoms with Crippen LogP contribution in [0.15, 0.2) is 42.9 Å². The molecule has 4 rings (SSSR count). The van der Waals surface area contributed by atoms with Gasteiger partial charge in [-0.3, -0.25) is 14.9 Å². The number of rotatable bonds is 4. The minimum absolute atomic E-state index is 0.273. The van der Waals surface area contributed by atoms with Crippen LogP contribution in [0.5, 0.6) is 0 Å². The maximum atomic E-state index is 12.1. The van der Waals surface area contributed by atoms with Gasteiger partial charge in [-0.1, -0.05) is 18.6 Å². The normalized spacial score (nSPS) is 14.9. The number of H-pyrrole nitrogens is 1. The first-order chi connectivity index (χ1) is 10.8. The van der Waals surface area contributed by atoms with Crippen molar-refractivity contribution in [3.63, 3.8) is 0 Å². The Morgan fingerprint density at radius 1 is 1.14 bits per heavy atom. The summed E-state index contributed by atoms with van der Waals surface area (Å²) in [5.74, 6) is 0.610. The molecule has 1 aromatic carbocycles. The van der Waals surface area contributed by atoms with Gasteiger partial charge in [-0.05, 0) is 35.9 Å². The minimum atomic E-state index is 0.273. The zero-order valence-corrected chi connectivity index (χ0v) is 12.2. The van der Waals surface area contributed by atoms with Crippen molar-refractivity contribution in [2.24, 2.45) is 5.92 Å². The Kier molecular flexibility index (Phi) is 3.22.